The van der Waals surface area contributed by atoms with Crippen molar-refractivity contribution in [1.29, 1.82) is 0 Å². The van der Waals surface area contributed by atoms with E-state index >= 15 is 0 Å². The molecule has 5 nitrogen and oxygen atoms in total. The maximum atomic E-state index is 12.2. The van der Waals surface area contributed by atoms with Crippen LogP contribution in [0, 0.1) is 0 Å². The normalized spacial score (nSPS) is 26.8. The van der Waals surface area contributed by atoms with Gasteiger partial charge in [-0.25, -0.2) is 4.79 Å². The molecule has 1 aromatic carbocycles. The highest BCUT2D eigenvalue weighted by atomic mass is 16.3. The lowest BCUT2D eigenvalue weighted by Crippen LogP contribution is -2.46. The van der Waals surface area contributed by atoms with Gasteiger partial charge < -0.3 is 15.7 Å². The van der Waals surface area contributed by atoms with Gasteiger partial charge in [0.05, 0.1) is 12.1 Å². The Morgan fingerprint density at radius 2 is 2.17 bits per heavy atom. The summed E-state index contributed by atoms with van der Waals surface area (Å²) in [7, 11) is 0. The van der Waals surface area contributed by atoms with Crippen LogP contribution in [-0.4, -0.2) is 47.8 Å². The second kappa shape index (κ2) is 7.99. The average Bonchev–Trinajstić information content (AvgIpc) is 2.91. The van der Waals surface area contributed by atoms with Crippen molar-refractivity contribution in [2.45, 2.75) is 57.2 Å². The van der Waals surface area contributed by atoms with E-state index in [9.17, 15) is 9.90 Å². The van der Waals surface area contributed by atoms with Crippen LogP contribution in [0.1, 0.15) is 49.8 Å². The lowest BCUT2D eigenvalue weighted by atomic mass is 10.0. The summed E-state index contributed by atoms with van der Waals surface area (Å²) in [6.45, 7) is 4.92. The van der Waals surface area contributed by atoms with E-state index in [4.69, 9.17) is 0 Å². The Bertz CT molecular complexity index is 563. The van der Waals surface area contributed by atoms with E-state index in [-0.39, 0.29) is 12.1 Å². The molecule has 3 N–H and O–H groups in total. The summed E-state index contributed by atoms with van der Waals surface area (Å²) in [5.74, 6) is 0. The van der Waals surface area contributed by atoms with Gasteiger partial charge in [-0.05, 0) is 36.9 Å². The highest BCUT2D eigenvalue weighted by molar-refractivity contribution is 5.74. The van der Waals surface area contributed by atoms with Crippen molar-refractivity contribution < 1.29 is 9.90 Å². The first-order valence-corrected chi connectivity index (χ1v) is 9.23. The van der Waals surface area contributed by atoms with Gasteiger partial charge in [0.2, 0.25) is 0 Å². The molecule has 0 bridgehead atoms. The van der Waals surface area contributed by atoms with Crippen molar-refractivity contribution in [3.63, 3.8) is 0 Å². The molecule has 0 saturated carbocycles. The van der Waals surface area contributed by atoms with E-state index in [1.165, 1.54) is 25.7 Å². The number of aliphatic hydroxyl groups is 1. The second-order valence-electron chi connectivity index (χ2n) is 6.94. The van der Waals surface area contributed by atoms with E-state index < -0.39 is 6.10 Å². The van der Waals surface area contributed by atoms with Gasteiger partial charge in [0.1, 0.15) is 0 Å². The first kappa shape index (κ1) is 17.2. The molecule has 0 radical (unpaired) electrons. The summed E-state index contributed by atoms with van der Waals surface area (Å²) in [5.41, 5.74) is 2.15. The molecule has 1 saturated heterocycles. The number of nitrogens with zero attached hydrogens (tertiary/aromatic N) is 1. The first-order chi connectivity index (χ1) is 11.7. The summed E-state index contributed by atoms with van der Waals surface area (Å²) in [5, 5.41) is 16.1. The molecular weight excluding hydrogens is 302 g/mol. The molecule has 1 aliphatic carbocycles. The zero-order valence-corrected chi connectivity index (χ0v) is 14.5. The van der Waals surface area contributed by atoms with Crippen LogP contribution in [0.15, 0.2) is 24.3 Å². The van der Waals surface area contributed by atoms with Crippen molar-refractivity contribution in [3.05, 3.63) is 35.4 Å². The fourth-order valence-corrected chi connectivity index (χ4v) is 4.07. The third-order valence-corrected chi connectivity index (χ3v) is 5.40. The molecule has 5 heteroatoms. The van der Waals surface area contributed by atoms with Crippen LogP contribution in [0.2, 0.25) is 0 Å². The summed E-state index contributed by atoms with van der Waals surface area (Å²) >= 11 is 0. The van der Waals surface area contributed by atoms with Crippen LogP contribution >= 0.6 is 0 Å². The van der Waals surface area contributed by atoms with E-state index in [1.807, 2.05) is 24.3 Å². The Labute approximate surface area is 144 Å². The van der Waals surface area contributed by atoms with Gasteiger partial charge >= 0.3 is 6.03 Å². The van der Waals surface area contributed by atoms with Crippen LogP contribution in [0.3, 0.4) is 0 Å². The van der Waals surface area contributed by atoms with Crippen LogP contribution < -0.4 is 10.6 Å². The predicted octanol–water partition coefficient (Wildman–Crippen LogP) is 2.21. The van der Waals surface area contributed by atoms with Crippen molar-refractivity contribution in [2.75, 3.05) is 19.6 Å². The number of benzene rings is 1. The summed E-state index contributed by atoms with van der Waals surface area (Å²) in [4.78, 5) is 14.7. The molecule has 3 atom stereocenters. The number of piperidine rings is 1. The lowest BCUT2D eigenvalue weighted by molar-refractivity contribution is 0.138. The van der Waals surface area contributed by atoms with Crippen molar-refractivity contribution in [3.8, 4) is 0 Å². The van der Waals surface area contributed by atoms with Gasteiger partial charge in [-0.2, -0.15) is 0 Å². The Balaban J connectivity index is 1.46. The molecule has 2 amide bonds. The van der Waals surface area contributed by atoms with Gasteiger partial charge in [-0.1, -0.05) is 37.6 Å². The molecule has 2 aliphatic rings. The van der Waals surface area contributed by atoms with Crippen LogP contribution in [0.25, 0.3) is 0 Å². The summed E-state index contributed by atoms with van der Waals surface area (Å²) in [6, 6.07) is 8.07. The summed E-state index contributed by atoms with van der Waals surface area (Å²) < 4.78 is 0. The molecule has 1 fully saturated rings. The quantitative estimate of drug-likeness (QED) is 0.775. The molecule has 1 aliphatic heterocycles. The van der Waals surface area contributed by atoms with Crippen LogP contribution in [0.5, 0.6) is 0 Å². The Kier molecular flexibility index (Phi) is 5.74. The molecular formula is C19H29N3O2. The Morgan fingerprint density at radius 1 is 1.33 bits per heavy atom. The predicted molar refractivity (Wildman–Crippen MR) is 94.9 cm³/mol. The SMILES string of the molecule is CCC1CCCCN1CCNC(=O)NC1c2ccccc2CC1O. The fourth-order valence-electron chi connectivity index (χ4n) is 4.07. The third-order valence-electron chi connectivity index (χ3n) is 5.40. The number of likely N-dealkylation sites (tertiary alicyclic amines) is 1. The topological polar surface area (TPSA) is 64.6 Å². The number of amides is 2. The zero-order valence-electron chi connectivity index (χ0n) is 14.5. The first-order valence-electron chi connectivity index (χ1n) is 9.23. The Hall–Kier alpha value is -1.59. The number of aliphatic hydroxyl groups excluding tert-OH is 1. The smallest absolute Gasteiger partial charge is 0.315 e. The van der Waals surface area contributed by atoms with Gasteiger partial charge in [0.25, 0.3) is 0 Å². The fraction of sp³-hybridized carbons (Fsp3) is 0.632. The molecule has 0 spiro atoms. The number of carbonyl (C=O) groups is 1. The highest BCUT2D eigenvalue weighted by Crippen LogP contribution is 2.31. The van der Waals surface area contributed by atoms with Crippen LogP contribution in [0.4, 0.5) is 4.79 Å². The second-order valence-corrected chi connectivity index (χ2v) is 6.94. The minimum atomic E-state index is -0.542. The van der Waals surface area contributed by atoms with Gasteiger partial charge in [0.15, 0.2) is 0 Å². The number of nitrogens with one attached hydrogen (secondary N) is 2. The van der Waals surface area contributed by atoms with E-state index in [0.717, 1.165) is 24.2 Å². The zero-order chi connectivity index (χ0) is 16.9. The lowest BCUT2D eigenvalue weighted by Gasteiger charge is -2.35. The van der Waals surface area contributed by atoms with Crippen LogP contribution in [-0.2, 0) is 6.42 Å². The van der Waals surface area contributed by atoms with Gasteiger partial charge in [-0.15, -0.1) is 0 Å². The average molecular weight is 331 g/mol. The number of rotatable bonds is 5. The molecule has 1 heterocycles. The van der Waals surface area contributed by atoms with E-state index in [1.54, 1.807) is 0 Å². The molecule has 3 rings (SSSR count). The van der Waals surface area contributed by atoms with E-state index in [0.29, 0.717) is 19.0 Å². The number of hydrogen-bond acceptors (Lipinski definition) is 3. The van der Waals surface area contributed by atoms with Crippen molar-refractivity contribution >= 4 is 6.03 Å². The summed E-state index contributed by atoms with van der Waals surface area (Å²) in [6.07, 6.45) is 5.09. The van der Waals surface area contributed by atoms with Gasteiger partial charge in [-0.3, -0.25) is 4.90 Å². The molecule has 3 unspecified atom stereocenters. The molecule has 1 aromatic rings. The third kappa shape index (κ3) is 3.90. The number of urea groups is 1. The molecule has 24 heavy (non-hydrogen) atoms. The number of carbonyl (C=O) groups excluding carboxylic acids is 1. The van der Waals surface area contributed by atoms with Crippen molar-refractivity contribution in [2.24, 2.45) is 0 Å². The molecule has 0 aromatic heterocycles. The standard InChI is InChI=1S/C19H29N3O2/c1-2-15-8-5-6-11-22(15)12-10-20-19(24)21-18-16-9-4-3-7-14(16)13-17(18)23/h3-4,7,9,15,17-18,23H,2,5-6,8,10-13H2,1H3,(H2,20,21,24). The number of hydrogen-bond donors (Lipinski definition) is 3. The van der Waals surface area contributed by atoms with Crippen molar-refractivity contribution in [1.82, 2.24) is 15.5 Å². The monoisotopic (exact) mass is 331 g/mol. The minimum absolute atomic E-state index is 0.194. The maximum absolute atomic E-state index is 12.2. The Morgan fingerprint density at radius 3 is 3.00 bits per heavy atom. The largest absolute Gasteiger partial charge is 0.390 e. The molecule has 132 valence electrons. The van der Waals surface area contributed by atoms with Gasteiger partial charge in [0, 0.05) is 25.6 Å². The number of fused-ring (bicyclic) bond motifs is 1. The minimum Gasteiger partial charge on any atom is -0.390 e. The van der Waals surface area contributed by atoms with E-state index in [2.05, 4.69) is 22.5 Å². The highest BCUT2D eigenvalue weighted by Gasteiger charge is 2.31. The maximum Gasteiger partial charge on any atom is 0.315 e.